The lowest BCUT2D eigenvalue weighted by atomic mass is 9.99. The second kappa shape index (κ2) is 7.09. The zero-order chi connectivity index (χ0) is 20.9. The lowest BCUT2D eigenvalue weighted by molar-refractivity contribution is 0.256. The summed E-state index contributed by atoms with van der Waals surface area (Å²) in [6, 6.07) is 6.71. The fourth-order valence-corrected chi connectivity index (χ4v) is 5.69. The van der Waals surface area contributed by atoms with Gasteiger partial charge >= 0.3 is 6.03 Å². The van der Waals surface area contributed by atoms with Crippen molar-refractivity contribution in [3.8, 4) is 0 Å². The highest BCUT2D eigenvalue weighted by Crippen LogP contribution is 2.38. The summed E-state index contributed by atoms with van der Waals surface area (Å²) >= 11 is 0. The molecule has 0 fully saturated rings. The number of aryl methyl sites for hydroxylation is 3. The van der Waals surface area contributed by atoms with Crippen LogP contribution in [-0.4, -0.2) is 29.4 Å². The molecule has 156 valence electrons. The molecule has 2 aliphatic rings. The second-order valence-electron chi connectivity index (χ2n) is 8.09. The first kappa shape index (κ1) is 19.0. The normalized spacial score (nSPS) is 15.2. The molecule has 30 heavy (non-hydrogen) atoms. The molecule has 0 aliphatic heterocycles. The fraction of sp³-hybridized carbons (Fsp3) is 0.381. The number of hydrogen-bond acceptors (Lipinski definition) is 5. The molecule has 1 heterocycles. The van der Waals surface area contributed by atoms with Gasteiger partial charge in [0.1, 0.15) is 5.52 Å². The number of anilines is 1. The van der Waals surface area contributed by atoms with Gasteiger partial charge in [0.15, 0.2) is 0 Å². The molecule has 0 spiro atoms. The SMILES string of the molecule is Cn1nnc2ccc(CS(=O)(=O)NC(=O)Nc3c4c(cc5c3CCC5)CCC4)cc21. The molecule has 2 N–H and O–H groups in total. The van der Waals surface area contributed by atoms with Crippen LogP contribution in [0.4, 0.5) is 10.5 Å². The van der Waals surface area contributed by atoms with Crippen molar-refractivity contribution in [1.82, 2.24) is 19.7 Å². The minimum absolute atomic E-state index is 0.299. The number of urea groups is 1. The van der Waals surface area contributed by atoms with Crippen LogP contribution in [0.15, 0.2) is 24.3 Å². The molecule has 0 radical (unpaired) electrons. The van der Waals surface area contributed by atoms with Crippen LogP contribution in [0.25, 0.3) is 11.0 Å². The highest BCUT2D eigenvalue weighted by molar-refractivity contribution is 7.89. The van der Waals surface area contributed by atoms with E-state index in [4.69, 9.17) is 0 Å². The Kier molecular flexibility index (Phi) is 4.50. The zero-order valence-electron chi connectivity index (χ0n) is 16.7. The number of fused-ring (bicyclic) bond motifs is 3. The van der Waals surface area contributed by atoms with Crippen molar-refractivity contribution in [1.29, 1.82) is 0 Å². The van der Waals surface area contributed by atoms with Gasteiger partial charge in [0.05, 0.1) is 11.3 Å². The Labute approximate surface area is 174 Å². The molecule has 2 amide bonds. The van der Waals surface area contributed by atoms with Crippen LogP contribution in [0.3, 0.4) is 0 Å². The number of rotatable bonds is 4. The van der Waals surface area contributed by atoms with E-state index in [1.807, 2.05) is 0 Å². The predicted octanol–water partition coefficient (Wildman–Crippen LogP) is 2.60. The van der Waals surface area contributed by atoms with E-state index in [0.717, 1.165) is 60.9 Å². The lowest BCUT2D eigenvalue weighted by Gasteiger charge is -2.16. The topological polar surface area (TPSA) is 106 Å². The largest absolute Gasteiger partial charge is 0.332 e. The smallest absolute Gasteiger partial charge is 0.307 e. The van der Waals surface area contributed by atoms with Gasteiger partial charge in [-0.3, -0.25) is 0 Å². The van der Waals surface area contributed by atoms with E-state index in [0.29, 0.717) is 11.1 Å². The Morgan fingerprint density at radius 1 is 1.07 bits per heavy atom. The van der Waals surface area contributed by atoms with Crippen LogP contribution in [-0.2, 0) is 48.5 Å². The van der Waals surface area contributed by atoms with E-state index in [1.54, 1.807) is 29.9 Å². The minimum Gasteiger partial charge on any atom is -0.307 e. The molecule has 0 saturated carbocycles. The second-order valence-corrected chi connectivity index (χ2v) is 9.81. The maximum Gasteiger partial charge on any atom is 0.332 e. The fourth-order valence-electron chi connectivity index (χ4n) is 4.67. The van der Waals surface area contributed by atoms with Gasteiger partial charge < -0.3 is 5.32 Å². The lowest BCUT2D eigenvalue weighted by Crippen LogP contribution is -2.35. The molecular formula is C21H23N5O3S. The maximum atomic E-state index is 12.6. The molecule has 1 aromatic heterocycles. The molecular weight excluding hydrogens is 402 g/mol. The van der Waals surface area contributed by atoms with Gasteiger partial charge in [0.25, 0.3) is 0 Å². The van der Waals surface area contributed by atoms with Gasteiger partial charge in [-0.15, -0.1) is 5.10 Å². The summed E-state index contributed by atoms with van der Waals surface area (Å²) in [6.07, 6.45) is 6.01. The molecule has 9 heteroatoms. The van der Waals surface area contributed by atoms with Crippen molar-refractivity contribution in [2.45, 2.75) is 44.3 Å². The third-order valence-corrected chi connectivity index (χ3v) is 7.20. The Bertz CT molecular complexity index is 1250. The zero-order valence-corrected chi connectivity index (χ0v) is 17.6. The van der Waals surface area contributed by atoms with E-state index in [-0.39, 0.29) is 5.75 Å². The number of nitrogens with zero attached hydrogens (tertiary/aromatic N) is 3. The van der Waals surface area contributed by atoms with Crippen molar-refractivity contribution in [3.63, 3.8) is 0 Å². The average molecular weight is 426 g/mol. The number of carbonyl (C=O) groups is 1. The Morgan fingerprint density at radius 3 is 2.47 bits per heavy atom. The van der Waals surface area contributed by atoms with Crippen LogP contribution in [0, 0.1) is 0 Å². The first-order chi connectivity index (χ1) is 14.4. The van der Waals surface area contributed by atoms with Crippen LogP contribution < -0.4 is 10.0 Å². The molecule has 8 nitrogen and oxygen atoms in total. The number of sulfonamides is 1. The number of nitrogens with one attached hydrogen (secondary N) is 2. The first-order valence-corrected chi connectivity index (χ1v) is 11.8. The minimum atomic E-state index is -3.86. The van der Waals surface area contributed by atoms with E-state index in [1.165, 1.54) is 11.1 Å². The van der Waals surface area contributed by atoms with Crippen molar-refractivity contribution in [2.75, 3.05) is 5.32 Å². The standard InChI is InChI=1S/C21H23N5O3S/c1-26-19-10-13(8-9-18(19)23-25-26)12-30(28,29)24-21(27)22-20-16-6-2-4-14(16)11-15-5-3-7-17(15)20/h8-11H,2-7,12H2,1H3,(H2,22,24,27). The predicted molar refractivity (Wildman–Crippen MR) is 114 cm³/mol. The number of amides is 2. The Morgan fingerprint density at radius 2 is 1.77 bits per heavy atom. The van der Waals surface area contributed by atoms with Gasteiger partial charge in [-0.25, -0.2) is 22.6 Å². The number of benzene rings is 2. The van der Waals surface area contributed by atoms with Gasteiger partial charge in [0, 0.05) is 12.7 Å². The monoisotopic (exact) mass is 425 g/mol. The summed E-state index contributed by atoms with van der Waals surface area (Å²) in [6.45, 7) is 0. The third-order valence-electron chi connectivity index (χ3n) is 5.99. The number of aromatic nitrogens is 3. The first-order valence-electron chi connectivity index (χ1n) is 10.2. The van der Waals surface area contributed by atoms with Gasteiger partial charge in [-0.2, -0.15) is 0 Å². The van der Waals surface area contributed by atoms with Gasteiger partial charge in [0.2, 0.25) is 10.0 Å². The van der Waals surface area contributed by atoms with E-state index in [2.05, 4.69) is 26.4 Å². The highest BCUT2D eigenvalue weighted by atomic mass is 32.2. The van der Waals surface area contributed by atoms with Crippen LogP contribution in [0.1, 0.15) is 40.7 Å². The Hall–Kier alpha value is -2.94. The quantitative estimate of drug-likeness (QED) is 0.668. The summed E-state index contributed by atoms with van der Waals surface area (Å²) in [5.41, 5.74) is 7.72. The van der Waals surface area contributed by atoms with Crippen LogP contribution >= 0.6 is 0 Å². The molecule has 0 atom stereocenters. The molecule has 0 bridgehead atoms. The van der Waals surface area contributed by atoms with Crippen LogP contribution in [0.2, 0.25) is 0 Å². The summed E-state index contributed by atoms with van der Waals surface area (Å²) < 4.78 is 29.0. The summed E-state index contributed by atoms with van der Waals surface area (Å²) in [4.78, 5) is 12.6. The summed E-state index contributed by atoms with van der Waals surface area (Å²) in [5.74, 6) is -0.299. The van der Waals surface area contributed by atoms with Crippen molar-refractivity contribution < 1.29 is 13.2 Å². The van der Waals surface area contributed by atoms with Gasteiger partial charge in [-0.1, -0.05) is 17.3 Å². The molecule has 0 unspecified atom stereocenters. The molecule has 3 aromatic rings. The summed E-state index contributed by atoms with van der Waals surface area (Å²) in [7, 11) is -2.11. The van der Waals surface area contributed by atoms with Crippen molar-refractivity contribution >= 4 is 32.8 Å². The van der Waals surface area contributed by atoms with Gasteiger partial charge in [-0.05, 0) is 78.5 Å². The van der Waals surface area contributed by atoms with Crippen LogP contribution in [0.5, 0.6) is 0 Å². The average Bonchev–Trinajstić information content (AvgIpc) is 3.41. The Balaban J connectivity index is 1.34. The van der Waals surface area contributed by atoms with Crippen molar-refractivity contribution in [3.05, 3.63) is 52.1 Å². The third kappa shape index (κ3) is 3.43. The van der Waals surface area contributed by atoms with E-state index < -0.39 is 16.1 Å². The molecule has 2 aromatic carbocycles. The number of hydrogen-bond donors (Lipinski definition) is 2. The molecule has 2 aliphatic carbocycles. The van der Waals surface area contributed by atoms with E-state index in [9.17, 15) is 13.2 Å². The molecule has 5 rings (SSSR count). The summed E-state index contributed by atoms with van der Waals surface area (Å²) in [5, 5.41) is 10.8. The highest BCUT2D eigenvalue weighted by Gasteiger charge is 2.26. The molecule has 0 saturated heterocycles. The maximum absolute atomic E-state index is 12.6. The van der Waals surface area contributed by atoms with Crippen molar-refractivity contribution in [2.24, 2.45) is 7.05 Å². The van der Waals surface area contributed by atoms with E-state index >= 15 is 0 Å². The number of carbonyl (C=O) groups excluding carboxylic acids is 1.